The lowest BCUT2D eigenvalue weighted by Gasteiger charge is -2.00. The Balaban J connectivity index is 0.000000442. The highest BCUT2D eigenvalue weighted by atomic mass is 14.2. The fourth-order valence-corrected chi connectivity index (χ4v) is 2.04. The van der Waals surface area contributed by atoms with Crippen LogP contribution in [-0.4, -0.2) is 0 Å². The summed E-state index contributed by atoms with van der Waals surface area (Å²) in [6, 6.07) is 6.66. The molecule has 0 nitrogen and oxygen atoms in total. The second kappa shape index (κ2) is 7.50. The normalized spacial score (nSPS) is 16.8. The average molecular weight is 206 g/mol. The Morgan fingerprint density at radius 2 is 1.60 bits per heavy atom. The van der Waals surface area contributed by atoms with E-state index in [0.717, 1.165) is 5.92 Å². The maximum absolute atomic E-state index is 2.33. The van der Waals surface area contributed by atoms with Crippen LogP contribution in [0.25, 0.3) is 0 Å². The molecule has 0 spiro atoms. The van der Waals surface area contributed by atoms with Crippen LogP contribution in [0, 0.1) is 12.8 Å². The Kier molecular flexibility index (Phi) is 7.11. The molecule has 0 radical (unpaired) electrons. The van der Waals surface area contributed by atoms with Crippen molar-refractivity contribution in [3.63, 3.8) is 0 Å². The highest BCUT2D eigenvalue weighted by Gasteiger charge is 2.17. The standard InChI is InChI=1S/C11H14.2C2H6/c1-8-6-10-5-3-4-9(2)11(10)7-8;2*1-2/h3-5,8H,6-7H2,1-2H3;2*1-2H3. The van der Waals surface area contributed by atoms with Crippen LogP contribution >= 0.6 is 0 Å². The van der Waals surface area contributed by atoms with E-state index < -0.39 is 0 Å². The molecule has 86 valence electrons. The fraction of sp³-hybridized carbons (Fsp3) is 0.600. The van der Waals surface area contributed by atoms with Crippen molar-refractivity contribution in [2.75, 3.05) is 0 Å². The zero-order valence-electron chi connectivity index (χ0n) is 11.2. The third-order valence-electron chi connectivity index (χ3n) is 2.63. The van der Waals surface area contributed by atoms with Crippen molar-refractivity contribution < 1.29 is 0 Å². The molecule has 1 aromatic carbocycles. The molecular formula is C15H26. The van der Waals surface area contributed by atoms with E-state index in [0.29, 0.717) is 0 Å². The largest absolute Gasteiger partial charge is 0.0683 e. The summed E-state index contributed by atoms with van der Waals surface area (Å²) in [5.41, 5.74) is 4.67. The van der Waals surface area contributed by atoms with E-state index >= 15 is 0 Å². The van der Waals surface area contributed by atoms with Crippen molar-refractivity contribution in [1.29, 1.82) is 0 Å². The van der Waals surface area contributed by atoms with E-state index in [1.165, 1.54) is 18.4 Å². The predicted octanol–water partition coefficient (Wildman–Crippen LogP) is 4.78. The summed E-state index contributed by atoms with van der Waals surface area (Å²) < 4.78 is 0. The highest BCUT2D eigenvalue weighted by Crippen LogP contribution is 2.28. The zero-order valence-corrected chi connectivity index (χ0v) is 11.2. The predicted molar refractivity (Wildman–Crippen MR) is 70.4 cm³/mol. The molecule has 0 bridgehead atoms. The van der Waals surface area contributed by atoms with Crippen LogP contribution in [0.4, 0.5) is 0 Å². The first-order valence-corrected chi connectivity index (χ1v) is 6.34. The van der Waals surface area contributed by atoms with Gasteiger partial charge < -0.3 is 0 Å². The lowest BCUT2D eigenvalue weighted by Crippen LogP contribution is -1.90. The maximum Gasteiger partial charge on any atom is -0.0244 e. The van der Waals surface area contributed by atoms with Gasteiger partial charge in [-0.15, -0.1) is 0 Å². The molecule has 0 aliphatic heterocycles. The van der Waals surface area contributed by atoms with Gasteiger partial charge >= 0.3 is 0 Å². The Hall–Kier alpha value is -0.780. The SMILES string of the molecule is CC.CC.Cc1cccc2c1CC(C)C2. The topological polar surface area (TPSA) is 0 Å². The van der Waals surface area contributed by atoms with Crippen LogP contribution in [0.15, 0.2) is 18.2 Å². The fourth-order valence-electron chi connectivity index (χ4n) is 2.04. The molecule has 0 N–H and O–H groups in total. The van der Waals surface area contributed by atoms with Crippen LogP contribution in [0.2, 0.25) is 0 Å². The zero-order chi connectivity index (χ0) is 11.8. The van der Waals surface area contributed by atoms with Crippen LogP contribution in [0.3, 0.4) is 0 Å². The van der Waals surface area contributed by atoms with Gasteiger partial charge in [0.1, 0.15) is 0 Å². The molecule has 1 aliphatic carbocycles. The Bertz CT molecular complexity index is 273. The third kappa shape index (κ3) is 3.70. The number of hydrogen-bond donors (Lipinski definition) is 0. The Morgan fingerprint density at radius 1 is 1.00 bits per heavy atom. The molecule has 0 saturated heterocycles. The third-order valence-corrected chi connectivity index (χ3v) is 2.63. The van der Waals surface area contributed by atoms with Crippen molar-refractivity contribution in [2.45, 2.75) is 54.4 Å². The minimum atomic E-state index is 0.867. The van der Waals surface area contributed by atoms with Crippen molar-refractivity contribution in [3.8, 4) is 0 Å². The maximum atomic E-state index is 2.33. The van der Waals surface area contributed by atoms with Gasteiger partial charge in [-0.2, -0.15) is 0 Å². The summed E-state index contributed by atoms with van der Waals surface area (Å²) in [6.45, 7) is 12.6. The van der Waals surface area contributed by atoms with E-state index in [4.69, 9.17) is 0 Å². The first kappa shape index (κ1) is 14.2. The number of aryl methyl sites for hydroxylation is 1. The molecule has 0 fully saturated rings. The van der Waals surface area contributed by atoms with Gasteiger partial charge in [-0.25, -0.2) is 0 Å². The minimum Gasteiger partial charge on any atom is -0.0683 e. The highest BCUT2D eigenvalue weighted by molar-refractivity contribution is 5.38. The number of fused-ring (bicyclic) bond motifs is 1. The van der Waals surface area contributed by atoms with Gasteiger partial charge in [0.15, 0.2) is 0 Å². The van der Waals surface area contributed by atoms with E-state index in [1.807, 2.05) is 27.7 Å². The van der Waals surface area contributed by atoms with Crippen molar-refractivity contribution in [1.82, 2.24) is 0 Å². The lowest BCUT2D eigenvalue weighted by atomic mass is 10.1. The molecule has 15 heavy (non-hydrogen) atoms. The van der Waals surface area contributed by atoms with Crippen LogP contribution in [0.1, 0.15) is 51.3 Å². The minimum absolute atomic E-state index is 0.867. The van der Waals surface area contributed by atoms with Gasteiger partial charge in [-0.3, -0.25) is 0 Å². The molecule has 1 atom stereocenters. The summed E-state index contributed by atoms with van der Waals surface area (Å²) >= 11 is 0. The second-order valence-corrected chi connectivity index (χ2v) is 3.73. The lowest BCUT2D eigenvalue weighted by molar-refractivity contribution is 0.627. The molecule has 1 aliphatic rings. The average Bonchev–Trinajstić information content (AvgIpc) is 2.66. The molecular weight excluding hydrogens is 180 g/mol. The molecule has 0 saturated carbocycles. The number of benzene rings is 1. The Labute approximate surface area is 95.7 Å². The molecule has 0 heterocycles. The monoisotopic (exact) mass is 206 g/mol. The Morgan fingerprint density at radius 3 is 2.13 bits per heavy atom. The van der Waals surface area contributed by atoms with E-state index in [9.17, 15) is 0 Å². The van der Waals surface area contributed by atoms with Gasteiger partial charge in [0.25, 0.3) is 0 Å². The van der Waals surface area contributed by atoms with Crippen LogP contribution in [0.5, 0.6) is 0 Å². The number of hydrogen-bond acceptors (Lipinski definition) is 0. The smallest absolute Gasteiger partial charge is 0.0244 e. The van der Waals surface area contributed by atoms with Crippen molar-refractivity contribution >= 4 is 0 Å². The van der Waals surface area contributed by atoms with E-state index in [1.54, 1.807) is 11.1 Å². The van der Waals surface area contributed by atoms with E-state index in [2.05, 4.69) is 32.0 Å². The molecule has 0 aromatic heterocycles. The first-order valence-electron chi connectivity index (χ1n) is 6.34. The quantitative estimate of drug-likeness (QED) is 0.573. The van der Waals surface area contributed by atoms with Crippen LogP contribution in [-0.2, 0) is 12.8 Å². The second-order valence-electron chi connectivity index (χ2n) is 3.73. The summed E-state index contributed by atoms with van der Waals surface area (Å²) in [5.74, 6) is 0.867. The number of rotatable bonds is 0. The van der Waals surface area contributed by atoms with Crippen molar-refractivity contribution in [3.05, 3.63) is 34.9 Å². The molecule has 2 rings (SSSR count). The summed E-state index contributed by atoms with van der Waals surface area (Å²) in [4.78, 5) is 0. The van der Waals surface area contributed by atoms with Crippen molar-refractivity contribution in [2.24, 2.45) is 5.92 Å². The molecule has 0 heteroatoms. The van der Waals surface area contributed by atoms with Gasteiger partial charge in [0.05, 0.1) is 0 Å². The molecule has 0 amide bonds. The van der Waals surface area contributed by atoms with E-state index in [-0.39, 0.29) is 0 Å². The van der Waals surface area contributed by atoms with Gasteiger partial charge in [-0.05, 0) is 42.4 Å². The van der Waals surface area contributed by atoms with Crippen LogP contribution < -0.4 is 0 Å². The van der Waals surface area contributed by atoms with Gasteiger partial charge in [0, 0.05) is 0 Å². The van der Waals surface area contributed by atoms with Gasteiger partial charge in [0.2, 0.25) is 0 Å². The van der Waals surface area contributed by atoms with Gasteiger partial charge in [-0.1, -0.05) is 52.8 Å². The molecule has 1 unspecified atom stereocenters. The first-order chi connectivity index (χ1) is 7.27. The summed E-state index contributed by atoms with van der Waals surface area (Å²) in [7, 11) is 0. The summed E-state index contributed by atoms with van der Waals surface area (Å²) in [6.07, 6.45) is 2.58. The summed E-state index contributed by atoms with van der Waals surface area (Å²) in [5, 5.41) is 0. The molecule has 1 aromatic rings.